The number of rotatable bonds is 77. The number of hydrogen-bond acceptors (Lipinski definition) is 15. The Morgan fingerprint density at radius 3 is 0.804 bits per heavy atom. The number of allylic oxidation sites excluding steroid dienone is 33. The summed E-state index contributed by atoms with van der Waals surface area (Å²) in [5.74, 6) is -2.41. The summed E-state index contributed by atoms with van der Waals surface area (Å²) in [5.41, 5.74) is 0. The van der Waals surface area contributed by atoms with Gasteiger partial charge in [0.1, 0.15) is 19.3 Å². The van der Waals surface area contributed by atoms with Crippen molar-refractivity contribution in [1.29, 1.82) is 0 Å². The van der Waals surface area contributed by atoms with E-state index in [4.69, 9.17) is 37.0 Å². The van der Waals surface area contributed by atoms with Crippen molar-refractivity contribution < 1.29 is 80.2 Å². The number of aliphatic hydroxyl groups excluding tert-OH is 1. The van der Waals surface area contributed by atoms with Gasteiger partial charge in [-0.15, -0.1) is 0 Å². The fraction of sp³-hybridized carbons (Fsp3) is 0.591. The Balaban J connectivity index is 5.52. The van der Waals surface area contributed by atoms with Gasteiger partial charge in [0.05, 0.1) is 32.8 Å². The first kappa shape index (κ1) is 106. The van der Waals surface area contributed by atoms with Crippen LogP contribution in [0.25, 0.3) is 0 Å². The number of carbonyl (C=O) groups excluding carboxylic acids is 4. The number of unbranched alkanes of at least 4 members (excludes halogenated alkanes) is 18. The van der Waals surface area contributed by atoms with Crippen LogP contribution < -0.4 is 0 Å². The minimum Gasteiger partial charge on any atom is -0.462 e. The largest absolute Gasteiger partial charge is 0.472 e. The van der Waals surface area contributed by atoms with Gasteiger partial charge in [0.25, 0.3) is 0 Å². The Bertz CT molecular complexity index is 2940. The average Bonchev–Trinajstić information content (AvgIpc) is 0.898. The SMILES string of the molecule is CC/C=C\C/C=C\C/C=C\C/C=C\C/C=C\CCCCCC(=O)OCC(COP(=O)(O)OCC(O)COP(=O)(O)OCC(COC(=O)CCCCCCCC/C=C\C/C=C\C/C=C\C/C=C\CC)OC(=O)C/C=C\C/C=C\C/C=C\C/C=C\C/C=C\CC)OC(=O)CCCCCCCC/C=C\C/C=C\C/C=C\CCCCC. The summed E-state index contributed by atoms with van der Waals surface area (Å²) < 4.78 is 68.6. The zero-order valence-corrected chi connectivity index (χ0v) is 71.0. The molecule has 0 fully saturated rings. The summed E-state index contributed by atoms with van der Waals surface area (Å²) >= 11 is 0. The molecule has 19 heteroatoms. The van der Waals surface area contributed by atoms with E-state index in [2.05, 4.69) is 210 Å². The van der Waals surface area contributed by atoms with Crippen molar-refractivity contribution in [2.45, 2.75) is 316 Å². The Morgan fingerprint density at radius 1 is 0.268 bits per heavy atom. The Morgan fingerprint density at radius 2 is 0.500 bits per heavy atom. The molecule has 0 heterocycles. The Labute approximate surface area is 678 Å². The minimum atomic E-state index is -5.02. The van der Waals surface area contributed by atoms with Crippen molar-refractivity contribution in [3.63, 3.8) is 0 Å². The van der Waals surface area contributed by atoms with Gasteiger partial charge < -0.3 is 33.8 Å². The molecule has 0 aromatic carbocycles. The van der Waals surface area contributed by atoms with Gasteiger partial charge in [-0.1, -0.05) is 305 Å². The minimum absolute atomic E-state index is 0.0616. The summed E-state index contributed by atoms with van der Waals surface area (Å²) in [5, 5.41) is 10.7. The number of aliphatic hydroxyl groups is 1. The zero-order valence-electron chi connectivity index (χ0n) is 69.3. The van der Waals surface area contributed by atoms with Crippen LogP contribution in [-0.4, -0.2) is 96.7 Å². The molecule has 5 atom stereocenters. The molecule has 5 unspecified atom stereocenters. The van der Waals surface area contributed by atoms with Crippen LogP contribution in [0.1, 0.15) is 297 Å². The summed E-state index contributed by atoms with van der Waals surface area (Å²) in [6.45, 7) is 4.31. The molecule has 632 valence electrons. The second-order valence-electron chi connectivity index (χ2n) is 27.3. The maximum absolute atomic E-state index is 13.1. The van der Waals surface area contributed by atoms with E-state index in [0.29, 0.717) is 25.7 Å². The van der Waals surface area contributed by atoms with E-state index in [1.54, 1.807) is 12.2 Å². The highest BCUT2D eigenvalue weighted by Crippen LogP contribution is 2.45. The summed E-state index contributed by atoms with van der Waals surface area (Å²) in [6.07, 6.45) is 104. The highest BCUT2D eigenvalue weighted by Gasteiger charge is 2.30. The van der Waals surface area contributed by atoms with E-state index in [1.165, 1.54) is 19.3 Å². The summed E-state index contributed by atoms with van der Waals surface area (Å²) in [7, 11) is -10.0. The van der Waals surface area contributed by atoms with Crippen molar-refractivity contribution in [3.05, 3.63) is 207 Å². The van der Waals surface area contributed by atoms with Crippen LogP contribution in [0.4, 0.5) is 0 Å². The topological polar surface area (TPSA) is 237 Å². The highest BCUT2D eigenvalue weighted by molar-refractivity contribution is 7.47. The van der Waals surface area contributed by atoms with E-state index < -0.39 is 97.5 Å². The first-order valence-electron chi connectivity index (χ1n) is 42.3. The van der Waals surface area contributed by atoms with Gasteiger partial charge >= 0.3 is 39.5 Å². The molecule has 0 aliphatic rings. The third-order valence-electron chi connectivity index (χ3n) is 16.8. The number of esters is 4. The second kappa shape index (κ2) is 82.6. The van der Waals surface area contributed by atoms with Crippen LogP contribution in [0.3, 0.4) is 0 Å². The van der Waals surface area contributed by atoms with E-state index in [-0.39, 0.29) is 25.7 Å². The lowest BCUT2D eigenvalue weighted by atomic mass is 10.1. The molecule has 0 bridgehead atoms. The normalized spacial score (nSPS) is 14.8. The number of ether oxygens (including phenoxy) is 4. The highest BCUT2D eigenvalue weighted by atomic mass is 31.2. The molecule has 0 saturated carbocycles. The molecule has 0 aliphatic heterocycles. The van der Waals surface area contributed by atoms with Crippen molar-refractivity contribution in [2.75, 3.05) is 39.6 Å². The molecular weight excluding hydrogens is 1450 g/mol. The van der Waals surface area contributed by atoms with Crippen molar-refractivity contribution in [1.82, 2.24) is 0 Å². The third-order valence-corrected chi connectivity index (χ3v) is 18.7. The van der Waals surface area contributed by atoms with Gasteiger partial charge in [0, 0.05) is 19.3 Å². The predicted molar refractivity (Wildman–Crippen MR) is 463 cm³/mol. The Hall–Kier alpha value is -6.36. The molecular formula is C93H148O17P2. The van der Waals surface area contributed by atoms with Crippen LogP contribution in [0, 0.1) is 0 Å². The van der Waals surface area contributed by atoms with E-state index in [0.717, 1.165) is 199 Å². The standard InChI is InChI=1S/C93H148O17P2/c1-5-9-13-17-21-25-29-33-37-40-43-46-50-53-57-61-65-69-73-77-90(95)103-83-88(109-92(97)79-75-71-67-63-59-55-49-36-32-28-24-20-16-12-8-4)85-107-111(99,100)105-81-87(94)82-106-112(101,102)108-86-89(110-93(98)80-76-72-68-64-60-56-52-48-45-42-39-35-31-27-23-19-15-11-7-3)84-104-91(96)78-74-70-66-62-58-54-51-47-44-41-38-34-30-26-22-18-14-10-6-2/h9-10,12-14,16,21-28,33-39,43-49,54,58-59,63,71,75,87-89,94H,5-8,11,15,17-20,29-32,40-42,50-53,55-57,60-62,64-70,72-74,76-86H2,1-4H3,(H,99,100)(H,101,102)/b13-9-,14-10-,16-12-,25-21-,26-22-,27-23-,28-24-,37-33-,38-34-,39-35-,46-43-,47-44-,48-45-,49-36-,58-54-,63-59-,75-71-. The molecule has 0 radical (unpaired) electrons. The molecule has 0 rings (SSSR count). The fourth-order valence-corrected chi connectivity index (χ4v) is 12.0. The maximum Gasteiger partial charge on any atom is 0.472 e. The smallest absolute Gasteiger partial charge is 0.462 e. The first-order valence-corrected chi connectivity index (χ1v) is 45.3. The van der Waals surface area contributed by atoms with Gasteiger partial charge in [-0.25, -0.2) is 9.13 Å². The Kier molecular flexibility index (Phi) is 77.9. The number of phosphoric ester groups is 2. The van der Waals surface area contributed by atoms with Gasteiger partial charge in [-0.2, -0.15) is 0 Å². The van der Waals surface area contributed by atoms with Gasteiger partial charge in [0.15, 0.2) is 12.2 Å². The molecule has 0 spiro atoms. The lowest BCUT2D eigenvalue weighted by Crippen LogP contribution is -2.30. The molecule has 0 aromatic rings. The summed E-state index contributed by atoms with van der Waals surface area (Å²) in [6, 6.07) is 0. The predicted octanol–water partition coefficient (Wildman–Crippen LogP) is 25.4. The van der Waals surface area contributed by atoms with E-state index in [9.17, 15) is 43.2 Å². The molecule has 17 nitrogen and oxygen atoms in total. The number of hydrogen-bond donors (Lipinski definition) is 3. The fourth-order valence-electron chi connectivity index (χ4n) is 10.4. The van der Waals surface area contributed by atoms with Crippen LogP contribution in [0.15, 0.2) is 207 Å². The van der Waals surface area contributed by atoms with Crippen molar-refractivity contribution >= 4 is 39.5 Å². The molecule has 0 aliphatic carbocycles. The third kappa shape index (κ3) is 81.6. The lowest BCUT2D eigenvalue weighted by Gasteiger charge is -2.21. The van der Waals surface area contributed by atoms with E-state index in [1.807, 2.05) is 12.2 Å². The molecule has 0 aromatic heterocycles. The van der Waals surface area contributed by atoms with Crippen LogP contribution in [0.5, 0.6) is 0 Å². The van der Waals surface area contributed by atoms with Crippen molar-refractivity contribution in [3.8, 4) is 0 Å². The van der Waals surface area contributed by atoms with Crippen molar-refractivity contribution in [2.24, 2.45) is 0 Å². The van der Waals surface area contributed by atoms with Gasteiger partial charge in [-0.3, -0.25) is 37.3 Å². The number of phosphoric acid groups is 2. The lowest BCUT2D eigenvalue weighted by molar-refractivity contribution is -0.161. The monoisotopic (exact) mass is 1600 g/mol. The van der Waals surface area contributed by atoms with Crippen LogP contribution in [0.2, 0.25) is 0 Å². The van der Waals surface area contributed by atoms with E-state index >= 15 is 0 Å². The zero-order chi connectivity index (χ0) is 81.7. The second-order valence-corrected chi connectivity index (χ2v) is 30.2. The van der Waals surface area contributed by atoms with Gasteiger partial charge in [0.2, 0.25) is 0 Å². The average molecular weight is 1600 g/mol. The molecule has 112 heavy (non-hydrogen) atoms. The first-order chi connectivity index (χ1) is 54.7. The van der Waals surface area contributed by atoms with Gasteiger partial charge in [-0.05, 0) is 173 Å². The summed E-state index contributed by atoms with van der Waals surface area (Å²) in [4.78, 5) is 73.2. The molecule has 0 amide bonds. The quantitative estimate of drug-likeness (QED) is 0.0169. The molecule has 3 N–H and O–H groups in total. The van der Waals surface area contributed by atoms with Crippen LogP contribution in [-0.2, 0) is 65.4 Å². The molecule has 0 saturated heterocycles. The maximum atomic E-state index is 13.1. The van der Waals surface area contributed by atoms with Crippen LogP contribution >= 0.6 is 15.6 Å². The number of carbonyl (C=O) groups is 4.